The molecule has 80 valence electrons. The highest BCUT2D eigenvalue weighted by Gasteiger charge is 2.34. The number of hydrazine groups is 1. The Balaban J connectivity index is 3.24. The van der Waals surface area contributed by atoms with Gasteiger partial charge < -0.3 is 0 Å². The van der Waals surface area contributed by atoms with E-state index in [9.17, 15) is 13.2 Å². The van der Waals surface area contributed by atoms with Gasteiger partial charge in [-0.2, -0.15) is 13.2 Å². The van der Waals surface area contributed by atoms with Gasteiger partial charge in [-0.05, 0) is 11.6 Å². The van der Waals surface area contributed by atoms with Crippen LogP contribution in [0.25, 0.3) is 0 Å². The third-order valence-electron chi connectivity index (χ3n) is 1.91. The molecule has 1 rings (SSSR count). The van der Waals surface area contributed by atoms with Crippen molar-refractivity contribution in [3.05, 3.63) is 35.4 Å². The molecule has 1 aromatic carbocycles. The van der Waals surface area contributed by atoms with Gasteiger partial charge in [0.05, 0.1) is 5.56 Å². The molecule has 0 saturated heterocycles. The van der Waals surface area contributed by atoms with Gasteiger partial charge in [-0.15, -0.1) is 6.42 Å². The van der Waals surface area contributed by atoms with E-state index < -0.39 is 17.8 Å². The Morgan fingerprint density at radius 2 is 1.93 bits per heavy atom. The summed E-state index contributed by atoms with van der Waals surface area (Å²) in [5, 5.41) is 0. The van der Waals surface area contributed by atoms with Crippen molar-refractivity contribution in [3.8, 4) is 12.3 Å². The molecule has 15 heavy (non-hydrogen) atoms. The largest absolute Gasteiger partial charge is 0.416 e. The van der Waals surface area contributed by atoms with Gasteiger partial charge >= 0.3 is 6.18 Å². The van der Waals surface area contributed by atoms with Crippen LogP contribution in [0.4, 0.5) is 13.2 Å². The van der Waals surface area contributed by atoms with Gasteiger partial charge in [0.15, 0.2) is 0 Å². The lowest BCUT2D eigenvalue weighted by Crippen LogP contribution is -2.28. The Labute approximate surface area is 85.2 Å². The lowest BCUT2D eigenvalue weighted by atomic mass is 10.0. The van der Waals surface area contributed by atoms with E-state index in [-0.39, 0.29) is 5.56 Å². The maximum atomic E-state index is 12.5. The molecule has 1 unspecified atom stereocenters. The number of alkyl halides is 3. The van der Waals surface area contributed by atoms with Gasteiger partial charge in [0.1, 0.15) is 6.04 Å². The van der Waals surface area contributed by atoms with E-state index in [1.165, 1.54) is 18.2 Å². The first-order valence-electron chi connectivity index (χ1n) is 4.09. The first-order valence-corrected chi connectivity index (χ1v) is 4.09. The summed E-state index contributed by atoms with van der Waals surface area (Å²) in [5.41, 5.74) is 1.33. The third kappa shape index (κ3) is 2.49. The molecule has 0 fully saturated rings. The van der Waals surface area contributed by atoms with E-state index in [0.29, 0.717) is 0 Å². The third-order valence-corrected chi connectivity index (χ3v) is 1.91. The number of hydrogen-bond acceptors (Lipinski definition) is 2. The standard InChI is InChI=1S/C10H9F3N2/c1-2-9(15-14)7-5-3-4-6-8(7)10(11,12)13/h1,3-6,9,15H,14H2. The molecule has 1 atom stereocenters. The average molecular weight is 214 g/mol. The number of benzene rings is 1. The van der Waals surface area contributed by atoms with Gasteiger partial charge in [-0.25, -0.2) is 5.43 Å². The Morgan fingerprint density at radius 1 is 1.33 bits per heavy atom. The van der Waals surface area contributed by atoms with Crippen LogP contribution in [0.5, 0.6) is 0 Å². The molecule has 0 aliphatic rings. The molecular weight excluding hydrogens is 205 g/mol. The molecule has 0 heterocycles. The normalized spacial score (nSPS) is 13.3. The first kappa shape index (κ1) is 11.6. The quantitative estimate of drug-likeness (QED) is 0.448. The number of nitrogens with two attached hydrogens (primary N) is 1. The molecule has 0 aliphatic carbocycles. The van der Waals surface area contributed by atoms with E-state index in [2.05, 4.69) is 11.3 Å². The predicted octanol–water partition coefficient (Wildman–Crippen LogP) is 1.84. The molecule has 0 amide bonds. The number of hydrogen-bond donors (Lipinski definition) is 2. The fraction of sp³-hybridized carbons (Fsp3) is 0.200. The van der Waals surface area contributed by atoms with E-state index in [0.717, 1.165) is 6.07 Å². The topological polar surface area (TPSA) is 38.0 Å². The molecular formula is C10H9F3N2. The summed E-state index contributed by atoms with van der Waals surface area (Å²) in [6, 6.07) is 4.11. The van der Waals surface area contributed by atoms with Crippen molar-refractivity contribution in [2.75, 3.05) is 0 Å². The number of nitrogens with one attached hydrogen (secondary N) is 1. The Morgan fingerprint density at radius 3 is 2.40 bits per heavy atom. The molecule has 5 heteroatoms. The maximum absolute atomic E-state index is 12.5. The second kappa shape index (κ2) is 4.34. The lowest BCUT2D eigenvalue weighted by molar-refractivity contribution is -0.138. The summed E-state index contributed by atoms with van der Waals surface area (Å²) in [6.45, 7) is 0. The smallest absolute Gasteiger partial charge is 0.270 e. The Kier molecular flexibility index (Phi) is 3.35. The molecule has 0 aliphatic heterocycles. The van der Waals surface area contributed by atoms with Crippen molar-refractivity contribution in [2.45, 2.75) is 12.2 Å². The zero-order valence-electron chi connectivity index (χ0n) is 7.68. The van der Waals surface area contributed by atoms with Gasteiger partial charge in [-0.3, -0.25) is 5.84 Å². The fourth-order valence-electron chi connectivity index (χ4n) is 1.23. The van der Waals surface area contributed by atoms with Gasteiger partial charge in [0.25, 0.3) is 0 Å². The minimum atomic E-state index is -4.43. The van der Waals surface area contributed by atoms with Crippen molar-refractivity contribution >= 4 is 0 Å². The first-order chi connectivity index (χ1) is 7.00. The van der Waals surface area contributed by atoms with Gasteiger partial charge in [-0.1, -0.05) is 24.1 Å². The van der Waals surface area contributed by atoms with Crippen molar-refractivity contribution in [1.82, 2.24) is 5.43 Å². The summed E-state index contributed by atoms with van der Waals surface area (Å²) >= 11 is 0. The van der Waals surface area contributed by atoms with Gasteiger partial charge in [0, 0.05) is 0 Å². The lowest BCUT2D eigenvalue weighted by Gasteiger charge is -2.16. The maximum Gasteiger partial charge on any atom is 0.416 e. The summed E-state index contributed by atoms with van der Waals surface area (Å²) in [6.07, 6.45) is 0.640. The Hall–Kier alpha value is -1.51. The van der Waals surface area contributed by atoms with Crippen molar-refractivity contribution in [2.24, 2.45) is 5.84 Å². The van der Waals surface area contributed by atoms with Crippen LogP contribution in [0.2, 0.25) is 0 Å². The van der Waals surface area contributed by atoms with Crippen molar-refractivity contribution in [1.29, 1.82) is 0 Å². The number of terminal acetylenes is 1. The molecule has 0 bridgehead atoms. The second-order valence-electron chi connectivity index (χ2n) is 2.85. The summed E-state index contributed by atoms with van der Waals surface area (Å²) in [5.74, 6) is 7.21. The van der Waals surface area contributed by atoms with Crippen molar-refractivity contribution in [3.63, 3.8) is 0 Å². The van der Waals surface area contributed by atoms with Crippen LogP contribution in [0.3, 0.4) is 0 Å². The van der Waals surface area contributed by atoms with Crippen LogP contribution < -0.4 is 11.3 Å². The molecule has 0 radical (unpaired) electrons. The minimum absolute atomic E-state index is 0.0463. The van der Waals surface area contributed by atoms with Crippen LogP contribution in [0.1, 0.15) is 17.2 Å². The second-order valence-corrected chi connectivity index (χ2v) is 2.85. The molecule has 2 nitrogen and oxygen atoms in total. The van der Waals surface area contributed by atoms with Crippen LogP contribution >= 0.6 is 0 Å². The molecule has 0 spiro atoms. The summed E-state index contributed by atoms with van der Waals surface area (Å²) < 4.78 is 37.6. The minimum Gasteiger partial charge on any atom is -0.270 e. The molecule has 3 N–H and O–H groups in total. The fourth-order valence-corrected chi connectivity index (χ4v) is 1.23. The number of halogens is 3. The highest BCUT2D eigenvalue weighted by Crippen LogP contribution is 2.34. The highest BCUT2D eigenvalue weighted by molar-refractivity contribution is 5.35. The summed E-state index contributed by atoms with van der Waals surface area (Å²) in [7, 11) is 0. The van der Waals surface area contributed by atoms with Crippen LogP contribution in [0.15, 0.2) is 24.3 Å². The number of rotatable bonds is 2. The molecule has 0 aromatic heterocycles. The predicted molar refractivity (Wildman–Crippen MR) is 50.3 cm³/mol. The Bertz CT molecular complexity index is 379. The van der Waals surface area contributed by atoms with Gasteiger partial charge in [0.2, 0.25) is 0 Å². The molecule has 1 aromatic rings. The SMILES string of the molecule is C#CC(NN)c1ccccc1C(F)(F)F. The van der Waals surface area contributed by atoms with E-state index in [1.54, 1.807) is 0 Å². The monoisotopic (exact) mass is 214 g/mol. The van der Waals surface area contributed by atoms with Crippen molar-refractivity contribution < 1.29 is 13.2 Å². The average Bonchev–Trinajstić information content (AvgIpc) is 2.19. The van der Waals surface area contributed by atoms with E-state index in [1.807, 2.05) is 0 Å². The highest BCUT2D eigenvalue weighted by atomic mass is 19.4. The zero-order chi connectivity index (χ0) is 11.5. The van der Waals surface area contributed by atoms with Crippen LogP contribution in [-0.2, 0) is 6.18 Å². The summed E-state index contributed by atoms with van der Waals surface area (Å²) in [4.78, 5) is 0. The molecule has 0 saturated carbocycles. The van der Waals surface area contributed by atoms with E-state index >= 15 is 0 Å². The van der Waals surface area contributed by atoms with Crippen LogP contribution in [-0.4, -0.2) is 0 Å². The van der Waals surface area contributed by atoms with Crippen LogP contribution in [0, 0.1) is 12.3 Å². The van der Waals surface area contributed by atoms with E-state index in [4.69, 9.17) is 12.3 Å². The zero-order valence-corrected chi connectivity index (χ0v) is 7.68.